The Labute approximate surface area is 90.2 Å². The molecule has 0 aromatic carbocycles. The highest BCUT2D eigenvalue weighted by Crippen LogP contribution is 2.64. The minimum absolute atomic E-state index is 0.133. The van der Waals surface area contributed by atoms with Crippen molar-refractivity contribution in [3.05, 3.63) is 0 Å². The van der Waals surface area contributed by atoms with E-state index in [2.05, 4.69) is 20.8 Å². The van der Waals surface area contributed by atoms with Gasteiger partial charge in [-0.2, -0.15) is 13.2 Å². The monoisotopic (exact) mass is 222 g/mol. The van der Waals surface area contributed by atoms with E-state index in [-0.39, 0.29) is 11.3 Å². The third kappa shape index (κ3) is 2.88. The molecule has 0 aromatic heterocycles. The van der Waals surface area contributed by atoms with Gasteiger partial charge in [-0.3, -0.25) is 0 Å². The Morgan fingerprint density at radius 1 is 1.27 bits per heavy atom. The van der Waals surface area contributed by atoms with Crippen LogP contribution in [0.3, 0.4) is 0 Å². The van der Waals surface area contributed by atoms with Crippen molar-refractivity contribution in [2.45, 2.75) is 53.6 Å². The highest BCUT2D eigenvalue weighted by Gasteiger charge is 2.61. The number of rotatable bonds is 2. The van der Waals surface area contributed by atoms with Crippen LogP contribution in [0.5, 0.6) is 0 Å². The summed E-state index contributed by atoms with van der Waals surface area (Å²) in [4.78, 5) is 0. The highest BCUT2D eigenvalue weighted by atomic mass is 19.4. The molecular weight excluding hydrogens is 201 g/mol. The van der Waals surface area contributed by atoms with E-state index >= 15 is 0 Å². The van der Waals surface area contributed by atoms with Crippen LogP contribution in [0.4, 0.5) is 13.2 Å². The van der Waals surface area contributed by atoms with Gasteiger partial charge in [0.15, 0.2) is 0 Å². The second-order valence-corrected chi connectivity index (χ2v) is 6.43. The average molecular weight is 222 g/mol. The van der Waals surface area contributed by atoms with Crippen LogP contribution < -0.4 is 0 Å². The lowest BCUT2D eigenvalue weighted by atomic mass is 9.83. The zero-order valence-corrected chi connectivity index (χ0v) is 10.2. The van der Waals surface area contributed by atoms with Crippen molar-refractivity contribution < 1.29 is 13.2 Å². The Morgan fingerprint density at radius 2 is 1.73 bits per heavy atom. The standard InChI is InChI=1S/C12H21F3/c1-8(12(13,14)15)11(5)7-9(11)6-10(2,3)4/h8-9H,6-7H2,1-5H3/t8-,9?,11?/m0/s1. The molecular formula is C12H21F3. The number of alkyl halides is 3. The Morgan fingerprint density at radius 3 is 2.07 bits per heavy atom. The maximum Gasteiger partial charge on any atom is 0.392 e. The average Bonchev–Trinajstić information content (AvgIpc) is 2.55. The second-order valence-electron chi connectivity index (χ2n) is 6.43. The fraction of sp³-hybridized carbons (Fsp3) is 1.00. The van der Waals surface area contributed by atoms with Gasteiger partial charge in [0, 0.05) is 0 Å². The Bertz CT molecular complexity index is 236. The first-order valence-electron chi connectivity index (χ1n) is 5.53. The normalized spacial score (nSPS) is 34.0. The van der Waals surface area contributed by atoms with Crippen LogP contribution >= 0.6 is 0 Å². The SMILES string of the molecule is C[C@H](C(F)(F)F)C1(C)CC1CC(C)(C)C. The Kier molecular flexibility index (Phi) is 2.91. The van der Waals surface area contributed by atoms with Gasteiger partial charge in [-0.25, -0.2) is 0 Å². The third-order valence-corrected chi connectivity index (χ3v) is 3.80. The predicted octanol–water partition coefficient (Wildman–Crippen LogP) is 4.65. The summed E-state index contributed by atoms with van der Waals surface area (Å²) in [5.41, 5.74) is -0.376. The van der Waals surface area contributed by atoms with Crippen molar-refractivity contribution in [2.75, 3.05) is 0 Å². The van der Waals surface area contributed by atoms with Crippen molar-refractivity contribution in [3.8, 4) is 0 Å². The summed E-state index contributed by atoms with van der Waals surface area (Å²) in [5.74, 6) is -0.925. The zero-order chi connectivity index (χ0) is 12.1. The topological polar surface area (TPSA) is 0 Å². The minimum Gasteiger partial charge on any atom is -0.171 e. The minimum atomic E-state index is -4.04. The largest absolute Gasteiger partial charge is 0.392 e. The van der Waals surface area contributed by atoms with Crippen molar-refractivity contribution in [1.82, 2.24) is 0 Å². The quantitative estimate of drug-likeness (QED) is 0.638. The molecule has 15 heavy (non-hydrogen) atoms. The van der Waals surface area contributed by atoms with Crippen molar-refractivity contribution >= 4 is 0 Å². The Balaban J connectivity index is 2.60. The molecule has 1 fully saturated rings. The van der Waals surface area contributed by atoms with Gasteiger partial charge in [0.2, 0.25) is 0 Å². The van der Waals surface area contributed by atoms with Crippen LogP contribution in [-0.4, -0.2) is 6.18 Å². The van der Waals surface area contributed by atoms with Crippen LogP contribution in [0.1, 0.15) is 47.5 Å². The Hall–Kier alpha value is -0.210. The predicted molar refractivity (Wildman–Crippen MR) is 55.5 cm³/mol. The summed E-state index contributed by atoms with van der Waals surface area (Å²) in [6, 6.07) is 0. The van der Waals surface area contributed by atoms with Crippen molar-refractivity contribution in [1.29, 1.82) is 0 Å². The van der Waals surface area contributed by atoms with Gasteiger partial charge >= 0.3 is 6.18 Å². The lowest BCUT2D eigenvalue weighted by molar-refractivity contribution is -0.187. The fourth-order valence-electron chi connectivity index (χ4n) is 2.42. The summed E-state index contributed by atoms with van der Waals surface area (Å²) in [6.45, 7) is 9.36. The molecule has 1 aliphatic rings. The molecule has 0 aliphatic heterocycles. The molecule has 0 saturated heterocycles. The molecule has 2 unspecified atom stereocenters. The van der Waals surface area contributed by atoms with E-state index in [1.807, 2.05) is 0 Å². The van der Waals surface area contributed by atoms with E-state index in [1.165, 1.54) is 6.92 Å². The fourth-order valence-corrected chi connectivity index (χ4v) is 2.42. The summed E-state index contributed by atoms with van der Waals surface area (Å²) in [5, 5.41) is 0. The molecule has 1 saturated carbocycles. The summed E-state index contributed by atoms with van der Waals surface area (Å²) in [6.07, 6.45) is -2.42. The van der Waals surface area contributed by atoms with Crippen LogP contribution in [0.25, 0.3) is 0 Å². The zero-order valence-electron chi connectivity index (χ0n) is 10.2. The van der Waals surface area contributed by atoms with E-state index in [4.69, 9.17) is 0 Å². The van der Waals surface area contributed by atoms with E-state index in [0.29, 0.717) is 0 Å². The third-order valence-electron chi connectivity index (χ3n) is 3.80. The van der Waals surface area contributed by atoms with Gasteiger partial charge in [-0.05, 0) is 29.6 Å². The molecule has 0 spiro atoms. The maximum absolute atomic E-state index is 12.6. The molecule has 3 atom stereocenters. The van der Waals surface area contributed by atoms with Crippen LogP contribution in [0, 0.1) is 22.7 Å². The first-order valence-corrected chi connectivity index (χ1v) is 5.53. The number of hydrogen-bond donors (Lipinski definition) is 0. The molecule has 3 heteroatoms. The molecule has 1 aliphatic carbocycles. The number of halogens is 3. The highest BCUT2D eigenvalue weighted by molar-refractivity contribution is 5.04. The summed E-state index contributed by atoms with van der Waals surface area (Å²) < 4.78 is 37.8. The van der Waals surface area contributed by atoms with Crippen LogP contribution in [-0.2, 0) is 0 Å². The lowest BCUT2D eigenvalue weighted by Gasteiger charge is -2.26. The van der Waals surface area contributed by atoms with E-state index < -0.39 is 17.5 Å². The summed E-state index contributed by atoms with van der Waals surface area (Å²) in [7, 11) is 0. The van der Waals surface area contributed by atoms with Crippen LogP contribution in [0.15, 0.2) is 0 Å². The molecule has 0 radical (unpaired) electrons. The summed E-state index contributed by atoms with van der Waals surface area (Å²) >= 11 is 0. The molecule has 0 bridgehead atoms. The molecule has 0 N–H and O–H groups in total. The van der Waals surface area contributed by atoms with Gasteiger partial charge in [-0.15, -0.1) is 0 Å². The van der Waals surface area contributed by atoms with Crippen molar-refractivity contribution in [3.63, 3.8) is 0 Å². The van der Waals surface area contributed by atoms with Gasteiger partial charge in [0.1, 0.15) is 0 Å². The lowest BCUT2D eigenvalue weighted by Crippen LogP contribution is -2.29. The molecule has 0 amide bonds. The van der Waals surface area contributed by atoms with Gasteiger partial charge in [-0.1, -0.05) is 34.6 Å². The van der Waals surface area contributed by atoms with E-state index in [0.717, 1.165) is 12.8 Å². The van der Waals surface area contributed by atoms with E-state index in [9.17, 15) is 13.2 Å². The molecule has 1 rings (SSSR count). The van der Waals surface area contributed by atoms with Gasteiger partial charge in [0.05, 0.1) is 5.92 Å². The van der Waals surface area contributed by atoms with Gasteiger partial charge < -0.3 is 0 Å². The number of hydrogen-bond acceptors (Lipinski definition) is 0. The molecule has 0 aromatic rings. The van der Waals surface area contributed by atoms with Crippen molar-refractivity contribution in [2.24, 2.45) is 22.7 Å². The van der Waals surface area contributed by atoms with Crippen LogP contribution in [0.2, 0.25) is 0 Å². The molecule has 90 valence electrons. The van der Waals surface area contributed by atoms with Gasteiger partial charge in [0.25, 0.3) is 0 Å². The first-order chi connectivity index (χ1) is 6.47. The first kappa shape index (κ1) is 12.9. The molecule has 0 nitrogen and oxygen atoms in total. The molecule has 0 heterocycles. The second kappa shape index (κ2) is 3.39. The van der Waals surface area contributed by atoms with E-state index in [1.54, 1.807) is 6.92 Å². The maximum atomic E-state index is 12.6. The smallest absolute Gasteiger partial charge is 0.171 e.